The third-order valence-electron chi connectivity index (χ3n) is 4.56. The zero-order valence-corrected chi connectivity index (χ0v) is 16.0. The maximum atomic E-state index is 12.8. The number of alkyl halides is 3. The predicted octanol–water partition coefficient (Wildman–Crippen LogP) is 3.53. The molecule has 0 aromatic heterocycles. The number of carboxylic acid groups (broad SMARTS) is 1. The zero-order chi connectivity index (χ0) is 21.9. The Hall–Kier alpha value is -3.04. The lowest BCUT2D eigenvalue weighted by Gasteiger charge is -2.20. The highest BCUT2D eigenvalue weighted by Gasteiger charge is 2.41. The number of allylic oxidation sites excluding steroid dienone is 2. The summed E-state index contributed by atoms with van der Waals surface area (Å²) in [6.07, 6.45) is -3.38. The molecule has 0 bridgehead atoms. The molecule has 0 aliphatic carbocycles. The third-order valence-corrected chi connectivity index (χ3v) is 4.56. The number of amides is 1. The van der Waals surface area contributed by atoms with Crippen molar-refractivity contribution >= 4 is 23.5 Å². The average Bonchev–Trinajstić information content (AvgIpc) is 3.01. The molecule has 1 aliphatic heterocycles. The van der Waals surface area contributed by atoms with E-state index in [1.165, 1.54) is 7.11 Å². The molecule has 0 fully saturated rings. The summed E-state index contributed by atoms with van der Waals surface area (Å²) >= 11 is 0. The van der Waals surface area contributed by atoms with Crippen molar-refractivity contribution < 1.29 is 42.1 Å². The fourth-order valence-corrected chi connectivity index (χ4v) is 3.06. The number of aliphatic carboxylic acids is 1. The molecule has 1 aromatic carbocycles. The van der Waals surface area contributed by atoms with Crippen LogP contribution >= 0.6 is 0 Å². The predicted molar refractivity (Wildman–Crippen MR) is 95.9 cm³/mol. The van der Waals surface area contributed by atoms with Gasteiger partial charge in [-0.2, -0.15) is 13.2 Å². The molecule has 158 valence electrons. The second-order valence-electron chi connectivity index (χ2n) is 6.54. The van der Waals surface area contributed by atoms with Crippen molar-refractivity contribution in [3.8, 4) is 5.75 Å². The molecule has 1 aromatic rings. The topological polar surface area (TPSA) is 102 Å². The van der Waals surface area contributed by atoms with Crippen molar-refractivity contribution in [2.75, 3.05) is 12.4 Å². The summed E-state index contributed by atoms with van der Waals surface area (Å²) in [5.41, 5.74) is 1.28. The van der Waals surface area contributed by atoms with Crippen LogP contribution in [0, 0.1) is 6.92 Å². The van der Waals surface area contributed by atoms with E-state index in [4.69, 9.17) is 14.6 Å². The lowest BCUT2D eigenvalue weighted by atomic mass is 9.93. The fourth-order valence-electron chi connectivity index (χ4n) is 3.06. The van der Waals surface area contributed by atoms with Gasteiger partial charge in [-0.3, -0.25) is 9.59 Å². The first kappa shape index (κ1) is 22.3. The summed E-state index contributed by atoms with van der Waals surface area (Å²) in [5.74, 6) is -3.82. The van der Waals surface area contributed by atoms with Gasteiger partial charge in [-0.1, -0.05) is 11.6 Å². The maximum absolute atomic E-state index is 12.8. The van der Waals surface area contributed by atoms with Gasteiger partial charge in [0, 0.05) is 17.5 Å². The number of carboxylic acids is 1. The standard InChI is InChI=1S/C19H20F3NO6/c1-9(5-7-13(24)25)4-6-11-15(23-18(27)19(20,21)22)14-12(8-29-17(14)26)10(2)16(11)28-3/h4H,5-8H2,1-3H3,(H,23,27)(H,24,25). The van der Waals surface area contributed by atoms with E-state index in [0.717, 1.165) is 0 Å². The number of ether oxygens (including phenoxy) is 2. The normalized spacial score (nSPS) is 13.7. The van der Waals surface area contributed by atoms with Crippen LogP contribution in [0.25, 0.3) is 0 Å². The number of hydrogen-bond acceptors (Lipinski definition) is 5. The van der Waals surface area contributed by atoms with Gasteiger partial charge in [0.2, 0.25) is 0 Å². The summed E-state index contributed by atoms with van der Waals surface area (Å²) in [6, 6.07) is 0. The van der Waals surface area contributed by atoms with E-state index in [1.54, 1.807) is 25.2 Å². The molecule has 1 aliphatic rings. The van der Waals surface area contributed by atoms with Gasteiger partial charge in [-0.15, -0.1) is 0 Å². The Bertz CT molecular complexity index is 889. The average molecular weight is 415 g/mol. The van der Waals surface area contributed by atoms with Gasteiger partial charge in [0.05, 0.1) is 18.4 Å². The van der Waals surface area contributed by atoms with Gasteiger partial charge < -0.3 is 19.9 Å². The number of methoxy groups -OCH3 is 1. The highest BCUT2D eigenvalue weighted by Crippen LogP contribution is 2.42. The highest BCUT2D eigenvalue weighted by molar-refractivity contribution is 6.07. The highest BCUT2D eigenvalue weighted by atomic mass is 19.4. The van der Waals surface area contributed by atoms with E-state index in [1.807, 2.05) is 0 Å². The van der Waals surface area contributed by atoms with Crippen LogP contribution in [0.2, 0.25) is 0 Å². The SMILES string of the molecule is COc1c(C)c2c(c(NC(=O)C(F)(F)F)c1CC=C(C)CCC(=O)O)C(=O)OC2. The Balaban J connectivity index is 2.57. The van der Waals surface area contributed by atoms with Crippen LogP contribution in [0.15, 0.2) is 11.6 Å². The Morgan fingerprint density at radius 3 is 2.52 bits per heavy atom. The molecule has 10 heteroatoms. The van der Waals surface area contributed by atoms with Gasteiger partial charge in [0.25, 0.3) is 0 Å². The molecule has 7 nitrogen and oxygen atoms in total. The smallest absolute Gasteiger partial charge is 0.471 e. The first-order valence-corrected chi connectivity index (χ1v) is 8.62. The number of fused-ring (bicyclic) bond motifs is 1. The van der Waals surface area contributed by atoms with Crippen LogP contribution in [0.5, 0.6) is 5.75 Å². The molecule has 0 spiro atoms. The third kappa shape index (κ3) is 4.87. The number of cyclic esters (lactones) is 1. The number of carbonyl (C=O) groups is 3. The molecular formula is C19H20F3NO6. The summed E-state index contributed by atoms with van der Waals surface area (Å²) in [4.78, 5) is 34.4. The van der Waals surface area contributed by atoms with Crippen LogP contribution in [0.3, 0.4) is 0 Å². The number of esters is 1. The zero-order valence-electron chi connectivity index (χ0n) is 16.0. The van der Waals surface area contributed by atoms with Crippen molar-refractivity contribution in [1.82, 2.24) is 0 Å². The van der Waals surface area contributed by atoms with E-state index >= 15 is 0 Å². The summed E-state index contributed by atoms with van der Waals surface area (Å²) in [6.45, 7) is 3.18. The Morgan fingerprint density at radius 1 is 1.31 bits per heavy atom. The molecule has 29 heavy (non-hydrogen) atoms. The number of rotatable bonds is 7. The van der Waals surface area contributed by atoms with Crippen molar-refractivity contribution in [2.24, 2.45) is 0 Å². The van der Waals surface area contributed by atoms with E-state index < -0.39 is 24.0 Å². The van der Waals surface area contributed by atoms with E-state index in [-0.39, 0.29) is 48.4 Å². The van der Waals surface area contributed by atoms with E-state index in [9.17, 15) is 27.6 Å². The number of nitrogens with one attached hydrogen (secondary N) is 1. The van der Waals surface area contributed by atoms with Crippen molar-refractivity contribution in [3.05, 3.63) is 33.9 Å². The molecule has 1 heterocycles. The van der Waals surface area contributed by atoms with Crippen LogP contribution in [-0.2, 0) is 27.4 Å². The van der Waals surface area contributed by atoms with Crippen LogP contribution < -0.4 is 10.1 Å². The molecule has 0 radical (unpaired) electrons. The van der Waals surface area contributed by atoms with Crippen molar-refractivity contribution in [1.29, 1.82) is 0 Å². The molecule has 0 unspecified atom stereocenters. The minimum Gasteiger partial charge on any atom is -0.496 e. The number of benzene rings is 1. The lowest BCUT2D eigenvalue weighted by molar-refractivity contribution is -0.167. The van der Waals surface area contributed by atoms with Gasteiger partial charge in [0.1, 0.15) is 12.4 Å². The van der Waals surface area contributed by atoms with Gasteiger partial charge >= 0.3 is 24.0 Å². The van der Waals surface area contributed by atoms with Gasteiger partial charge in [0.15, 0.2) is 0 Å². The summed E-state index contributed by atoms with van der Waals surface area (Å²) in [7, 11) is 1.33. The second-order valence-corrected chi connectivity index (χ2v) is 6.54. The monoisotopic (exact) mass is 415 g/mol. The van der Waals surface area contributed by atoms with E-state index in [2.05, 4.69) is 0 Å². The summed E-state index contributed by atoms with van der Waals surface area (Å²) < 4.78 is 48.8. The molecule has 2 rings (SSSR count). The molecule has 0 atom stereocenters. The Morgan fingerprint density at radius 2 is 1.97 bits per heavy atom. The largest absolute Gasteiger partial charge is 0.496 e. The Kier molecular flexibility index (Phi) is 6.55. The molecule has 0 saturated heterocycles. The quantitative estimate of drug-likeness (QED) is 0.522. The number of halogens is 3. The lowest BCUT2D eigenvalue weighted by Crippen LogP contribution is -2.31. The summed E-state index contributed by atoms with van der Waals surface area (Å²) in [5, 5.41) is 10.6. The first-order valence-electron chi connectivity index (χ1n) is 8.62. The number of carbonyl (C=O) groups excluding carboxylic acids is 2. The van der Waals surface area contributed by atoms with Crippen molar-refractivity contribution in [3.63, 3.8) is 0 Å². The minimum atomic E-state index is -5.15. The first-order chi connectivity index (χ1) is 13.5. The van der Waals surface area contributed by atoms with Gasteiger partial charge in [-0.05, 0) is 32.3 Å². The van der Waals surface area contributed by atoms with Crippen molar-refractivity contribution in [2.45, 2.75) is 45.9 Å². The van der Waals surface area contributed by atoms with E-state index in [0.29, 0.717) is 16.7 Å². The van der Waals surface area contributed by atoms with Crippen LogP contribution in [-0.4, -0.2) is 36.2 Å². The number of hydrogen-bond donors (Lipinski definition) is 2. The molecular weight excluding hydrogens is 395 g/mol. The molecule has 2 N–H and O–H groups in total. The molecule has 1 amide bonds. The van der Waals surface area contributed by atoms with Crippen LogP contribution in [0.1, 0.15) is 46.8 Å². The second kappa shape index (κ2) is 8.54. The Labute approximate surface area is 164 Å². The fraction of sp³-hybridized carbons (Fsp3) is 0.421. The molecule has 0 saturated carbocycles. The van der Waals surface area contributed by atoms with Gasteiger partial charge in [-0.25, -0.2) is 4.79 Å². The number of anilines is 1. The maximum Gasteiger partial charge on any atom is 0.471 e. The van der Waals surface area contributed by atoms with Crippen LogP contribution in [0.4, 0.5) is 18.9 Å². The minimum absolute atomic E-state index is 0.0174.